The van der Waals surface area contributed by atoms with Crippen molar-refractivity contribution >= 4 is 28.4 Å². The van der Waals surface area contributed by atoms with Crippen LogP contribution >= 0.6 is 0 Å². The number of ether oxygens (including phenoxy) is 1. The summed E-state index contributed by atoms with van der Waals surface area (Å²) >= 11 is 0. The third kappa shape index (κ3) is 6.50. The van der Waals surface area contributed by atoms with Gasteiger partial charge in [0.1, 0.15) is 23.1 Å². The zero-order valence-electron chi connectivity index (χ0n) is 22.6. The second-order valence-electron chi connectivity index (χ2n) is 10.2. The number of aryl methyl sites for hydroxylation is 1. The molecule has 216 valence electrons. The lowest BCUT2D eigenvalue weighted by molar-refractivity contribution is -0.120. The number of amides is 1. The quantitative estimate of drug-likeness (QED) is 0.320. The number of anilines is 2. The Balaban J connectivity index is 1.73. The van der Waals surface area contributed by atoms with E-state index < -0.39 is 42.4 Å². The molecule has 0 spiro atoms. The predicted octanol–water partition coefficient (Wildman–Crippen LogP) is 5.72. The Morgan fingerprint density at radius 1 is 1.12 bits per heavy atom. The maximum atomic E-state index is 14.8. The van der Waals surface area contributed by atoms with Crippen molar-refractivity contribution in [2.45, 2.75) is 65.0 Å². The molecule has 1 aromatic carbocycles. The van der Waals surface area contributed by atoms with E-state index in [0.717, 1.165) is 6.07 Å². The molecule has 0 radical (unpaired) electrons. The van der Waals surface area contributed by atoms with Crippen molar-refractivity contribution < 1.29 is 31.5 Å². The van der Waals surface area contributed by atoms with E-state index in [1.165, 1.54) is 19.1 Å². The molecule has 1 fully saturated rings. The topological polar surface area (TPSA) is 92.3 Å². The second kappa shape index (κ2) is 11.8. The fraction of sp³-hybridized carbons (Fsp3) is 0.481. The van der Waals surface area contributed by atoms with Crippen molar-refractivity contribution in [2.24, 2.45) is 0 Å². The van der Waals surface area contributed by atoms with Gasteiger partial charge < -0.3 is 20.3 Å². The molecule has 1 saturated heterocycles. The third-order valence-corrected chi connectivity index (χ3v) is 6.89. The number of piperidine rings is 1. The van der Waals surface area contributed by atoms with E-state index in [2.05, 4.69) is 25.6 Å². The van der Waals surface area contributed by atoms with E-state index in [9.17, 15) is 26.7 Å². The maximum Gasteiger partial charge on any atom is 0.272 e. The highest BCUT2D eigenvalue weighted by Gasteiger charge is 2.32. The number of halogens is 5. The number of fused-ring (bicyclic) bond motifs is 1. The van der Waals surface area contributed by atoms with Crippen molar-refractivity contribution in [1.29, 1.82) is 0 Å². The van der Waals surface area contributed by atoms with Gasteiger partial charge in [-0.05, 0) is 39.7 Å². The number of carbonyl (C=O) groups is 1. The highest BCUT2D eigenvalue weighted by molar-refractivity contribution is 5.90. The molecule has 1 atom stereocenters. The minimum absolute atomic E-state index is 0.0243. The minimum atomic E-state index is -2.97. The molecule has 1 aliphatic heterocycles. The Kier molecular flexibility index (Phi) is 8.59. The fourth-order valence-corrected chi connectivity index (χ4v) is 4.87. The number of hydrogen-bond donors (Lipinski definition) is 2. The monoisotopic (exact) mass is 566 g/mol. The van der Waals surface area contributed by atoms with E-state index in [0.29, 0.717) is 42.8 Å². The highest BCUT2D eigenvalue weighted by Crippen LogP contribution is 2.37. The average Bonchev–Trinajstić information content (AvgIpc) is 2.86. The summed E-state index contributed by atoms with van der Waals surface area (Å²) in [4.78, 5) is 26.8. The smallest absolute Gasteiger partial charge is 0.272 e. The Labute approximate surface area is 228 Å². The van der Waals surface area contributed by atoms with Gasteiger partial charge in [0.05, 0.1) is 17.0 Å². The van der Waals surface area contributed by atoms with Crippen molar-refractivity contribution in [1.82, 2.24) is 20.3 Å². The van der Waals surface area contributed by atoms with Crippen LogP contribution in [0.5, 0.6) is 5.88 Å². The predicted molar refractivity (Wildman–Crippen MR) is 141 cm³/mol. The van der Waals surface area contributed by atoms with Gasteiger partial charge in [-0.15, -0.1) is 0 Å². The van der Waals surface area contributed by atoms with Gasteiger partial charge >= 0.3 is 0 Å². The van der Waals surface area contributed by atoms with Crippen LogP contribution in [0.25, 0.3) is 11.0 Å². The Morgan fingerprint density at radius 2 is 1.80 bits per heavy atom. The maximum absolute atomic E-state index is 14.8. The third-order valence-electron chi connectivity index (χ3n) is 6.89. The molecular formula is C27H31F5N6O2. The van der Waals surface area contributed by atoms with E-state index in [4.69, 9.17) is 4.74 Å². The van der Waals surface area contributed by atoms with Gasteiger partial charge in [-0.3, -0.25) is 4.79 Å². The minimum Gasteiger partial charge on any atom is -0.470 e. The number of hydrogen-bond acceptors (Lipinski definition) is 7. The summed E-state index contributed by atoms with van der Waals surface area (Å²) in [5, 5.41) is 6.46. The van der Waals surface area contributed by atoms with Crippen LogP contribution in [0.4, 0.5) is 33.5 Å². The molecule has 3 aromatic rings. The molecule has 0 aliphatic carbocycles. The van der Waals surface area contributed by atoms with Gasteiger partial charge in [-0.25, -0.2) is 31.9 Å². The number of aromatic nitrogens is 3. The number of alkyl halides is 4. The van der Waals surface area contributed by atoms with Crippen molar-refractivity contribution in [2.75, 3.05) is 29.9 Å². The summed E-state index contributed by atoms with van der Waals surface area (Å²) in [7, 11) is 0. The van der Waals surface area contributed by atoms with E-state index >= 15 is 0 Å². The van der Waals surface area contributed by atoms with Crippen LogP contribution in [-0.2, 0) is 4.79 Å². The molecule has 13 heteroatoms. The van der Waals surface area contributed by atoms with Gasteiger partial charge in [0, 0.05) is 31.1 Å². The molecule has 2 aromatic heterocycles. The Bertz CT molecular complexity index is 1380. The molecule has 2 N–H and O–H groups in total. The zero-order valence-corrected chi connectivity index (χ0v) is 22.6. The Hall–Kier alpha value is -3.77. The van der Waals surface area contributed by atoms with Crippen LogP contribution in [-0.4, -0.2) is 52.5 Å². The standard InChI is InChI=1S/C27H31F5N6O2/c1-14(17-6-5-7-18(22(17)30)23(31)32)33-24-19-12-20(38-10-8-27(4,9-11-38)37-16(3)39)26(40-13-21(28)29)36-25(19)35-15(2)34-24/h5-7,12,14,21,23H,8-11,13H2,1-4H3,(H,37,39)(H,33,34,35,36)/t14-/m1/s1. The molecule has 4 rings (SSSR count). The number of benzene rings is 1. The number of pyridine rings is 1. The van der Waals surface area contributed by atoms with E-state index in [-0.39, 0.29) is 28.8 Å². The van der Waals surface area contributed by atoms with Crippen LogP contribution in [0.15, 0.2) is 24.3 Å². The average molecular weight is 567 g/mol. The van der Waals surface area contributed by atoms with Gasteiger partial charge in [-0.1, -0.05) is 18.2 Å². The summed E-state index contributed by atoms with van der Waals surface area (Å²) < 4.78 is 72.9. The summed E-state index contributed by atoms with van der Waals surface area (Å²) in [6, 6.07) is 4.72. The van der Waals surface area contributed by atoms with Crippen LogP contribution in [0, 0.1) is 12.7 Å². The van der Waals surface area contributed by atoms with Gasteiger partial charge in [0.25, 0.3) is 12.9 Å². The zero-order chi connectivity index (χ0) is 29.2. The number of nitrogens with zero attached hydrogens (tertiary/aromatic N) is 4. The number of rotatable bonds is 9. The summed E-state index contributed by atoms with van der Waals surface area (Å²) in [5.41, 5.74) is -0.490. The lowest BCUT2D eigenvalue weighted by Crippen LogP contribution is -2.53. The van der Waals surface area contributed by atoms with Gasteiger partial charge in [-0.2, -0.15) is 4.98 Å². The summed E-state index contributed by atoms with van der Waals surface area (Å²) in [5.74, 6) is -0.607. The highest BCUT2D eigenvalue weighted by atomic mass is 19.3. The van der Waals surface area contributed by atoms with Crippen molar-refractivity contribution in [3.8, 4) is 5.88 Å². The van der Waals surface area contributed by atoms with Crippen LogP contribution in [0.3, 0.4) is 0 Å². The number of carbonyl (C=O) groups excluding carboxylic acids is 1. The largest absolute Gasteiger partial charge is 0.470 e. The fourth-order valence-electron chi connectivity index (χ4n) is 4.87. The van der Waals surface area contributed by atoms with Crippen molar-refractivity contribution in [3.63, 3.8) is 0 Å². The lowest BCUT2D eigenvalue weighted by atomic mass is 9.89. The molecular weight excluding hydrogens is 535 g/mol. The first-order chi connectivity index (χ1) is 18.9. The summed E-state index contributed by atoms with van der Waals surface area (Å²) in [6.45, 7) is 6.71. The van der Waals surface area contributed by atoms with E-state index in [1.807, 2.05) is 11.8 Å². The molecule has 40 heavy (non-hydrogen) atoms. The van der Waals surface area contributed by atoms with E-state index in [1.54, 1.807) is 19.9 Å². The molecule has 0 unspecified atom stereocenters. The molecule has 0 saturated carbocycles. The second-order valence-corrected chi connectivity index (χ2v) is 10.2. The van der Waals surface area contributed by atoms with Gasteiger partial charge in [0.15, 0.2) is 12.3 Å². The first kappa shape index (κ1) is 29.2. The van der Waals surface area contributed by atoms with Crippen LogP contribution in [0.2, 0.25) is 0 Å². The number of nitrogens with one attached hydrogen (secondary N) is 2. The molecule has 1 aliphatic rings. The first-order valence-electron chi connectivity index (χ1n) is 12.8. The summed E-state index contributed by atoms with van der Waals surface area (Å²) in [6.07, 6.45) is -4.51. The normalized spacial score (nSPS) is 15.9. The molecule has 8 nitrogen and oxygen atoms in total. The van der Waals surface area contributed by atoms with Gasteiger partial charge in [0.2, 0.25) is 11.8 Å². The molecule has 3 heterocycles. The lowest BCUT2D eigenvalue weighted by Gasteiger charge is -2.41. The Morgan fingerprint density at radius 3 is 2.42 bits per heavy atom. The molecule has 0 bridgehead atoms. The van der Waals surface area contributed by atoms with Crippen LogP contribution in [0.1, 0.15) is 63.0 Å². The first-order valence-corrected chi connectivity index (χ1v) is 12.8. The molecule has 1 amide bonds. The van der Waals surface area contributed by atoms with Crippen LogP contribution < -0.4 is 20.3 Å². The van der Waals surface area contributed by atoms with Crippen molar-refractivity contribution in [3.05, 3.63) is 47.0 Å². The SMILES string of the molecule is CC(=O)NC1(C)CCN(c2cc3c(N[C@H](C)c4cccc(C(F)F)c4F)nc(C)nc3nc2OCC(F)F)CC1.